The average molecular weight is 272 g/mol. The van der Waals surface area contributed by atoms with E-state index in [1.165, 1.54) is 18.2 Å². The average Bonchev–Trinajstić information content (AvgIpc) is 2.41. The lowest BCUT2D eigenvalue weighted by Crippen LogP contribution is -2.16. The van der Waals surface area contributed by atoms with E-state index in [1.807, 2.05) is 31.3 Å². The number of rotatable bonds is 4. The minimum atomic E-state index is -0.338. The van der Waals surface area contributed by atoms with Crippen molar-refractivity contribution in [1.82, 2.24) is 5.32 Å². The highest BCUT2D eigenvalue weighted by Gasteiger charge is 2.11. The summed E-state index contributed by atoms with van der Waals surface area (Å²) in [6, 6.07) is 11.7. The van der Waals surface area contributed by atoms with Crippen LogP contribution in [-0.4, -0.2) is 13.0 Å². The summed E-state index contributed by atoms with van der Waals surface area (Å²) in [5.41, 5.74) is 2.86. The molecule has 0 aliphatic rings. The topological polar surface area (TPSA) is 41.1 Å². The number of nitrogens with one attached hydrogen (secondary N) is 2. The number of halogens is 1. The predicted octanol–water partition coefficient (Wildman–Crippen LogP) is 3.11. The molecule has 0 saturated carbocycles. The van der Waals surface area contributed by atoms with Gasteiger partial charge in [-0.05, 0) is 49.4 Å². The van der Waals surface area contributed by atoms with Crippen molar-refractivity contribution in [2.24, 2.45) is 0 Å². The van der Waals surface area contributed by atoms with Gasteiger partial charge in [-0.25, -0.2) is 4.39 Å². The number of hydrogen-bond donors (Lipinski definition) is 2. The van der Waals surface area contributed by atoms with Gasteiger partial charge in [-0.2, -0.15) is 0 Å². The summed E-state index contributed by atoms with van der Waals surface area (Å²) in [5.74, 6) is -0.569. The molecule has 2 rings (SSSR count). The van der Waals surface area contributed by atoms with Gasteiger partial charge in [-0.3, -0.25) is 4.79 Å². The summed E-state index contributed by atoms with van der Waals surface area (Å²) >= 11 is 0. The van der Waals surface area contributed by atoms with Crippen LogP contribution in [0.3, 0.4) is 0 Å². The molecule has 1 amide bonds. The molecule has 0 fully saturated rings. The molecule has 0 aliphatic heterocycles. The van der Waals surface area contributed by atoms with Crippen LogP contribution in [0.25, 0.3) is 0 Å². The highest BCUT2D eigenvalue weighted by atomic mass is 19.1. The second kappa shape index (κ2) is 6.30. The molecule has 3 nitrogen and oxygen atoms in total. The summed E-state index contributed by atoms with van der Waals surface area (Å²) in [7, 11) is 1.85. The lowest BCUT2D eigenvalue weighted by atomic mass is 10.1. The molecular weight excluding hydrogens is 255 g/mol. The summed E-state index contributed by atoms with van der Waals surface area (Å²) < 4.78 is 13.1. The van der Waals surface area contributed by atoms with Gasteiger partial charge in [0.25, 0.3) is 5.91 Å². The van der Waals surface area contributed by atoms with Gasteiger partial charge in [0.05, 0.1) is 0 Å². The maximum atomic E-state index is 13.1. The molecule has 4 heteroatoms. The van der Waals surface area contributed by atoms with Crippen molar-refractivity contribution in [2.75, 3.05) is 12.4 Å². The van der Waals surface area contributed by atoms with Crippen LogP contribution in [0, 0.1) is 12.7 Å². The maximum absolute atomic E-state index is 13.1. The summed E-state index contributed by atoms with van der Waals surface area (Å²) in [6.45, 7) is 2.39. The molecule has 0 aromatic heterocycles. The molecule has 0 bridgehead atoms. The molecule has 2 N–H and O–H groups in total. The standard InChI is InChI=1S/C16H17FN2O/c1-11-9-13(17)7-8-14(11)16(20)19-15-6-4-3-5-12(15)10-18-2/h3-9,18H,10H2,1-2H3,(H,19,20). The second-order valence-electron chi connectivity index (χ2n) is 4.60. The van der Waals surface area contributed by atoms with Gasteiger partial charge in [0.1, 0.15) is 5.82 Å². The number of anilines is 1. The number of benzene rings is 2. The van der Waals surface area contributed by atoms with Crippen molar-refractivity contribution >= 4 is 11.6 Å². The number of carbonyl (C=O) groups is 1. The quantitative estimate of drug-likeness (QED) is 0.898. The predicted molar refractivity (Wildman–Crippen MR) is 78.3 cm³/mol. The van der Waals surface area contributed by atoms with Gasteiger partial charge in [-0.1, -0.05) is 18.2 Å². The van der Waals surface area contributed by atoms with Crippen molar-refractivity contribution < 1.29 is 9.18 Å². The van der Waals surface area contributed by atoms with E-state index < -0.39 is 0 Å². The largest absolute Gasteiger partial charge is 0.322 e. The maximum Gasteiger partial charge on any atom is 0.255 e. The van der Waals surface area contributed by atoms with Crippen LogP contribution >= 0.6 is 0 Å². The fourth-order valence-electron chi connectivity index (χ4n) is 2.06. The van der Waals surface area contributed by atoms with E-state index in [0.29, 0.717) is 17.7 Å². The van der Waals surface area contributed by atoms with Crippen LogP contribution < -0.4 is 10.6 Å². The number of para-hydroxylation sites is 1. The Bertz CT molecular complexity index is 626. The molecule has 104 valence electrons. The van der Waals surface area contributed by atoms with Crippen LogP contribution in [-0.2, 0) is 6.54 Å². The van der Waals surface area contributed by atoms with Crippen molar-refractivity contribution in [1.29, 1.82) is 0 Å². The first kappa shape index (κ1) is 14.2. The Morgan fingerprint density at radius 3 is 2.65 bits per heavy atom. The van der Waals surface area contributed by atoms with E-state index in [0.717, 1.165) is 11.3 Å². The van der Waals surface area contributed by atoms with Crippen molar-refractivity contribution in [2.45, 2.75) is 13.5 Å². The van der Waals surface area contributed by atoms with E-state index in [4.69, 9.17) is 0 Å². The number of hydrogen-bond acceptors (Lipinski definition) is 2. The molecule has 0 spiro atoms. The van der Waals surface area contributed by atoms with Gasteiger partial charge < -0.3 is 10.6 Å². The van der Waals surface area contributed by atoms with Crippen LogP contribution in [0.2, 0.25) is 0 Å². The summed E-state index contributed by atoms with van der Waals surface area (Å²) in [6.07, 6.45) is 0. The molecule has 0 heterocycles. The zero-order valence-electron chi connectivity index (χ0n) is 11.5. The van der Waals surface area contributed by atoms with Crippen molar-refractivity contribution in [3.8, 4) is 0 Å². The minimum absolute atomic E-state index is 0.231. The normalized spacial score (nSPS) is 10.3. The molecule has 20 heavy (non-hydrogen) atoms. The summed E-state index contributed by atoms with van der Waals surface area (Å²) in [5, 5.41) is 5.93. The molecule has 0 saturated heterocycles. The second-order valence-corrected chi connectivity index (χ2v) is 4.60. The van der Waals surface area contributed by atoms with Gasteiger partial charge in [0.15, 0.2) is 0 Å². The lowest BCUT2D eigenvalue weighted by molar-refractivity contribution is 0.102. The fourth-order valence-corrected chi connectivity index (χ4v) is 2.06. The first-order valence-corrected chi connectivity index (χ1v) is 6.42. The van der Waals surface area contributed by atoms with Crippen molar-refractivity contribution in [3.05, 3.63) is 65.0 Å². The SMILES string of the molecule is CNCc1ccccc1NC(=O)c1ccc(F)cc1C. The molecule has 0 radical (unpaired) electrons. The van der Waals surface area contributed by atoms with Crippen LogP contribution in [0.1, 0.15) is 21.5 Å². The Kier molecular flexibility index (Phi) is 4.48. The van der Waals surface area contributed by atoms with Gasteiger partial charge >= 0.3 is 0 Å². The highest BCUT2D eigenvalue weighted by molar-refractivity contribution is 6.05. The Morgan fingerprint density at radius 2 is 1.95 bits per heavy atom. The summed E-state index contributed by atoms with van der Waals surface area (Å²) in [4.78, 5) is 12.2. The third-order valence-corrected chi connectivity index (χ3v) is 3.07. The monoisotopic (exact) mass is 272 g/mol. The van der Waals surface area contributed by atoms with Crippen LogP contribution in [0.15, 0.2) is 42.5 Å². The van der Waals surface area contributed by atoms with E-state index in [9.17, 15) is 9.18 Å². The Morgan fingerprint density at radius 1 is 1.20 bits per heavy atom. The van der Waals surface area contributed by atoms with Gasteiger partial charge in [-0.15, -0.1) is 0 Å². The van der Waals surface area contributed by atoms with Gasteiger partial charge in [0.2, 0.25) is 0 Å². The Balaban J connectivity index is 2.23. The lowest BCUT2D eigenvalue weighted by Gasteiger charge is -2.12. The van der Waals surface area contributed by atoms with Gasteiger partial charge in [0, 0.05) is 17.8 Å². The third kappa shape index (κ3) is 3.22. The molecule has 0 aliphatic carbocycles. The Hall–Kier alpha value is -2.20. The van der Waals surface area contributed by atoms with Crippen LogP contribution in [0.4, 0.5) is 10.1 Å². The molecule has 0 unspecified atom stereocenters. The number of aryl methyl sites for hydroxylation is 1. The number of amides is 1. The van der Waals surface area contributed by atoms with E-state index in [2.05, 4.69) is 10.6 Å². The zero-order chi connectivity index (χ0) is 14.5. The highest BCUT2D eigenvalue weighted by Crippen LogP contribution is 2.17. The molecular formula is C16H17FN2O. The smallest absolute Gasteiger partial charge is 0.255 e. The first-order valence-electron chi connectivity index (χ1n) is 6.42. The fraction of sp³-hybridized carbons (Fsp3) is 0.188. The van der Waals surface area contributed by atoms with Crippen molar-refractivity contribution in [3.63, 3.8) is 0 Å². The first-order chi connectivity index (χ1) is 9.61. The van der Waals surface area contributed by atoms with E-state index in [1.54, 1.807) is 6.92 Å². The van der Waals surface area contributed by atoms with Crippen LogP contribution in [0.5, 0.6) is 0 Å². The molecule has 2 aromatic rings. The van der Waals surface area contributed by atoms with E-state index >= 15 is 0 Å². The third-order valence-electron chi connectivity index (χ3n) is 3.07. The molecule has 0 atom stereocenters. The Labute approximate surface area is 117 Å². The molecule has 2 aromatic carbocycles. The zero-order valence-corrected chi connectivity index (χ0v) is 11.5. The van der Waals surface area contributed by atoms with E-state index in [-0.39, 0.29) is 11.7 Å². The number of carbonyl (C=O) groups excluding carboxylic acids is 1. The minimum Gasteiger partial charge on any atom is -0.322 e.